The Hall–Kier alpha value is -2.27. The van der Waals surface area contributed by atoms with Gasteiger partial charge in [-0.1, -0.05) is 12.1 Å². The Morgan fingerprint density at radius 2 is 2.11 bits per heavy atom. The lowest BCUT2D eigenvalue weighted by Crippen LogP contribution is -2.27. The van der Waals surface area contributed by atoms with Crippen LogP contribution in [0, 0.1) is 0 Å². The largest absolute Gasteiger partial charge is 0.336 e. The first-order chi connectivity index (χ1) is 9.20. The number of hydrogen-bond donors (Lipinski definition) is 1. The third-order valence-corrected chi connectivity index (χ3v) is 2.77. The summed E-state index contributed by atoms with van der Waals surface area (Å²) < 4.78 is 0. The molecule has 2 aromatic heterocycles. The van der Waals surface area contributed by atoms with Crippen LogP contribution < -0.4 is 5.73 Å². The Morgan fingerprint density at radius 1 is 1.26 bits per heavy atom. The van der Waals surface area contributed by atoms with Crippen LogP contribution in [-0.2, 0) is 13.1 Å². The predicted octanol–water partition coefficient (Wildman–Crippen LogP) is 1.21. The minimum Gasteiger partial charge on any atom is -0.336 e. The summed E-state index contributed by atoms with van der Waals surface area (Å²) in [4.78, 5) is 21.9. The number of carbonyl (C=O) groups excluding carboxylic acids is 1. The van der Waals surface area contributed by atoms with Crippen LogP contribution in [0.15, 0.2) is 42.9 Å². The molecule has 0 aliphatic heterocycles. The van der Waals surface area contributed by atoms with Gasteiger partial charge in [0, 0.05) is 38.7 Å². The summed E-state index contributed by atoms with van der Waals surface area (Å²) in [7, 11) is 1.74. The summed E-state index contributed by atoms with van der Waals surface area (Å²) >= 11 is 0. The first kappa shape index (κ1) is 13.2. The molecular weight excluding hydrogens is 240 g/mol. The van der Waals surface area contributed by atoms with Gasteiger partial charge in [0.1, 0.15) is 5.69 Å². The van der Waals surface area contributed by atoms with Gasteiger partial charge in [-0.25, -0.2) is 0 Å². The van der Waals surface area contributed by atoms with E-state index in [4.69, 9.17) is 5.73 Å². The molecule has 0 bridgehead atoms. The molecule has 0 radical (unpaired) electrons. The Labute approximate surface area is 112 Å². The maximum atomic E-state index is 12.2. The molecule has 1 amide bonds. The molecule has 0 aromatic carbocycles. The second kappa shape index (κ2) is 6.06. The average molecular weight is 256 g/mol. The number of nitrogens with two attached hydrogens (primary N) is 1. The Morgan fingerprint density at radius 3 is 2.68 bits per heavy atom. The van der Waals surface area contributed by atoms with Crippen molar-refractivity contribution >= 4 is 5.91 Å². The lowest BCUT2D eigenvalue weighted by molar-refractivity contribution is 0.0779. The van der Waals surface area contributed by atoms with Gasteiger partial charge in [0.05, 0.1) is 0 Å². The van der Waals surface area contributed by atoms with Crippen molar-refractivity contribution in [1.82, 2.24) is 14.9 Å². The molecule has 0 spiro atoms. The summed E-state index contributed by atoms with van der Waals surface area (Å²) in [6, 6.07) is 7.30. The van der Waals surface area contributed by atoms with Crippen molar-refractivity contribution in [2.75, 3.05) is 7.05 Å². The first-order valence-corrected chi connectivity index (χ1v) is 6.00. The molecule has 5 heteroatoms. The number of pyridine rings is 2. The minimum atomic E-state index is -0.118. The Balaban J connectivity index is 2.06. The van der Waals surface area contributed by atoms with Crippen LogP contribution in [0.25, 0.3) is 0 Å². The molecular formula is C14H16N4O. The van der Waals surface area contributed by atoms with Gasteiger partial charge in [0.15, 0.2) is 0 Å². The molecule has 0 saturated heterocycles. The van der Waals surface area contributed by atoms with E-state index in [1.54, 1.807) is 36.6 Å². The van der Waals surface area contributed by atoms with Gasteiger partial charge in [-0.3, -0.25) is 14.8 Å². The van der Waals surface area contributed by atoms with E-state index >= 15 is 0 Å². The van der Waals surface area contributed by atoms with Crippen LogP contribution in [0.2, 0.25) is 0 Å². The number of aromatic nitrogens is 2. The quantitative estimate of drug-likeness (QED) is 0.892. The fourth-order valence-corrected chi connectivity index (χ4v) is 1.70. The maximum absolute atomic E-state index is 12.2. The monoisotopic (exact) mass is 256 g/mol. The average Bonchev–Trinajstić information content (AvgIpc) is 2.47. The van der Waals surface area contributed by atoms with E-state index < -0.39 is 0 Å². The molecule has 0 atom stereocenters. The minimum absolute atomic E-state index is 0.118. The molecule has 19 heavy (non-hydrogen) atoms. The highest BCUT2D eigenvalue weighted by Crippen LogP contribution is 2.06. The molecule has 0 aliphatic carbocycles. The zero-order valence-corrected chi connectivity index (χ0v) is 10.8. The normalized spacial score (nSPS) is 10.2. The molecule has 2 aromatic rings. The summed E-state index contributed by atoms with van der Waals surface area (Å²) in [5.41, 5.74) is 7.81. The predicted molar refractivity (Wildman–Crippen MR) is 72.2 cm³/mol. The van der Waals surface area contributed by atoms with Crippen molar-refractivity contribution in [3.63, 3.8) is 0 Å². The lowest BCUT2D eigenvalue weighted by Gasteiger charge is -2.16. The molecule has 2 heterocycles. The van der Waals surface area contributed by atoms with Crippen molar-refractivity contribution in [2.24, 2.45) is 5.73 Å². The summed E-state index contributed by atoms with van der Waals surface area (Å²) in [6.45, 7) is 0.931. The summed E-state index contributed by atoms with van der Waals surface area (Å²) in [6.07, 6.45) is 5.08. The van der Waals surface area contributed by atoms with Crippen LogP contribution in [0.1, 0.15) is 21.6 Å². The van der Waals surface area contributed by atoms with Gasteiger partial charge >= 0.3 is 0 Å². The van der Waals surface area contributed by atoms with Crippen LogP contribution in [0.3, 0.4) is 0 Å². The third-order valence-electron chi connectivity index (χ3n) is 2.77. The zero-order valence-electron chi connectivity index (χ0n) is 10.8. The van der Waals surface area contributed by atoms with E-state index in [2.05, 4.69) is 9.97 Å². The number of amides is 1. The fraction of sp³-hybridized carbons (Fsp3) is 0.214. The fourth-order valence-electron chi connectivity index (χ4n) is 1.70. The number of rotatable bonds is 4. The first-order valence-electron chi connectivity index (χ1n) is 6.00. The van der Waals surface area contributed by atoms with Gasteiger partial charge in [0.25, 0.3) is 5.91 Å². The smallest absolute Gasteiger partial charge is 0.272 e. The number of hydrogen-bond acceptors (Lipinski definition) is 4. The van der Waals surface area contributed by atoms with E-state index in [1.165, 1.54) is 0 Å². The molecule has 0 fully saturated rings. The van der Waals surface area contributed by atoms with E-state index in [-0.39, 0.29) is 5.91 Å². The summed E-state index contributed by atoms with van der Waals surface area (Å²) in [5.74, 6) is -0.118. The molecule has 0 aliphatic rings. The Bertz CT molecular complexity index is 539. The molecule has 2 rings (SSSR count). The van der Waals surface area contributed by atoms with Crippen LogP contribution in [0.5, 0.6) is 0 Å². The van der Waals surface area contributed by atoms with Gasteiger partial charge in [0.2, 0.25) is 0 Å². The van der Waals surface area contributed by atoms with Crippen LogP contribution in [-0.4, -0.2) is 27.8 Å². The second-order valence-electron chi connectivity index (χ2n) is 4.28. The zero-order chi connectivity index (χ0) is 13.7. The van der Waals surface area contributed by atoms with Crippen molar-refractivity contribution in [3.05, 3.63) is 59.7 Å². The van der Waals surface area contributed by atoms with Crippen molar-refractivity contribution in [3.8, 4) is 0 Å². The van der Waals surface area contributed by atoms with Crippen LogP contribution in [0.4, 0.5) is 0 Å². The topological polar surface area (TPSA) is 72.1 Å². The highest BCUT2D eigenvalue weighted by molar-refractivity contribution is 5.92. The summed E-state index contributed by atoms with van der Waals surface area (Å²) in [5, 5.41) is 0. The lowest BCUT2D eigenvalue weighted by atomic mass is 10.2. The molecule has 0 unspecified atom stereocenters. The highest BCUT2D eigenvalue weighted by atomic mass is 16.2. The van der Waals surface area contributed by atoms with E-state index in [1.807, 2.05) is 18.2 Å². The van der Waals surface area contributed by atoms with Gasteiger partial charge in [-0.2, -0.15) is 0 Å². The maximum Gasteiger partial charge on any atom is 0.272 e. The second-order valence-corrected chi connectivity index (χ2v) is 4.28. The number of carbonyl (C=O) groups is 1. The molecule has 2 N–H and O–H groups in total. The van der Waals surface area contributed by atoms with Crippen LogP contribution >= 0.6 is 0 Å². The Kier molecular flexibility index (Phi) is 4.20. The van der Waals surface area contributed by atoms with Gasteiger partial charge in [-0.15, -0.1) is 0 Å². The molecule has 5 nitrogen and oxygen atoms in total. The standard InChI is InChI=1S/C14H16N4O/c1-18(10-12-3-2-6-16-8-12)14(19)13-5-4-11(7-15)9-17-13/h2-6,8-9H,7,10,15H2,1H3. The number of nitrogens with zero attached hydrogens (tertiary/aromatic N) is 3. The third kappa shape index (κ3) is 3.35. The van der Waals surface area contributed by atoms with Gasteiger partial charge in [-0.05, 0) is 23.3 Å². The molecule has 0 saturated carbocycles. The van der Waals surface area contributed by atoms with E-state index in [0.29, 0.717) is 18.8 Å². The van der Waals surface area contributed by atoms with Crippen molar-refractivity contribution in [1.29, 1.82) is 0 Å². The van der Waals surface area contributed by atoms with Crippen molar-refractivity contribution in [2.45, 2.75) is 13.1 Å². The van der Waals surface area contributed by atoms with Crippen molar-refractivity contribution < 1.29 is 4.79 Å². The van der Waals surface area contributed by atoms with E-state index in [9.17, 15) is 4.79 Å². The van der Waals surface area contributed by atoms with E-state index in [0.717, 1.165) is 11.1 Å². The van der Waals surface area contributed by atoms with Gasteiger partial charge < -0.3 is 10.6 Å². The molecule has 98 valence electrons. The highest BCUT2D eigenvalue weighted by Gasteiger charge is 2.13. The SMILES string of the molecule is CN(Cc1cccnc1)C(=O)c1ccc(CN)cn1.